The highest BCUT2D eigenvalue weighted by atomic mass is 16.5. The van der Waals surface area contributed by atoms with Crippen LogP contribution in [0.3, 0.4) is 0 Å². The molecule has 3 N–H and O–H groups in total. The molecule has 0 aliphatic carbocycles. The van der Waals surface area contributed by atoms with Gasteiger partial charge < -0.3 is 20.5 Å². The van der Waals surface area contributed by atoms with Crippen LogP contribution in [0.2, 0.25) is 0 Å². The molecule has 0 unspecified atom stereocenters. The van der Waals surface area contributed by atoms with Crippen molar-refractivity contribution in [3.8, 4) is 11.5 Å². The fraction of sp³-hybridized carbons (Fsp3) is 0.444. The quantitative estimate of drug-likeness (QED) is 0.406. The molecule has 0 saturated carbocycles. The number of nitrogens with zero attached hydrogens (tertiary/aromatic N) is 3. The number of aromatic nitrogens is 2. The Morgan fingerprint density at radius 1 is 1.28 bits per heavy atom. The predicted octanol–water partition coefficient (Wildman–Crippen LogP) is 1.97. The van der Waals surface area contributed by atoms with Gasteiger partial charge in [0.05, 0.1) is 12.8 Å². The first-order chi connectivity index (χ1) is 12.0. The molecule has 0 fully saturated rings. The van der Waals surface area contributed by atoms with Crippen LogP contribution in [0.1, 0.15) is 23.4 Å². The van der Waals surface area contributed by atoms with Crippen molar-refractivity contribution < 1.29 is 9.84 Å². The third kappa shape index (κ3) is 5.41. The molecule has 0 spiro atoms. The fourth-order valence-corrected chi connectivity index (χ4v) is 2.57. The van der Waals surface area contributed by atoms with E-state index in [1.807, 2.05) is 11.6 Å². The van der Waals surface area contributed by atoms with Gasteiger partial charge in [-0.15, -0.1) is 0 Å². The molecule has 7 nitrogen and oxygen atoms in total. The van der Waals surface area contributed by atoms with E-state index < -0.39 is 0 Å². The van der Waals surface area contributed by atoms with Gasteiger partial charge in [0.15, 0.2) is 5.96 Å². The van der Waals surface area contributed by atoms with Gasteiger partial charge in [-0.2, -0.15) is 5.10 Å². The van der Waals surface area contributed by atoms with Gasteiger partial charge in [-0.1, -0.05) is 0 Å². The molecule has 2 rings (SSSR count). The largest absolute Gasteiger partial charge is 0.508 e. The van der Waals surface area contributed by atoms with Gasteiger partial charge in [0, 0.05) is 37.9 Å². The lowest BCUT2D eigenvalue weighted by Gasteiger charge is -2.13. The number of nitrogens with one attached hydrogen (secondary N) is 2. The van der Waals surface area contributed by atoms with Crippen LogP contribution in [-0.2, 0) is 13.1 Å². The minimum atomic E-state index is 0.230. The molecule has 0 saturated heterocycles. The lowest BCUT2D eigenvalue weighted by molar-refractivity contribution is 0.410. The number of guanidine groups is 1. The number of rotatable bonds is 7. The van der Waals surface area contributed by atoms with Crippen molar-refractivity contribution in [2.45, 2.75) is 33.4 Å². The number of aryl methyl sites for hydroxylation is 3. The molecule has 1 aromatic heterocycles. The normalized spacial score (nSPS) is 11.4. The maximum Gasteiger partial charge on any atom is 0.191 e. The van der Waals surface area contributed by atoms with Gasteiger partial charge in [-0.3, -0.25) is 9.67 Å². The smallest absolute Gasteiger partial charge is 0.191 e. The zero-order chi connectivity index (χ0) is 18.2. The van der Waals surface area contributed by atoms with Gasteiger partial charge >= 0.3 is 0 Å². The van der Waals surface area contributed by atoms with Crippen LogP contribution in [0, 0.1) is 13.8 Å². The van der Waals surface area contributed by atoms with E-state index in [9.17, 15) is 5.11 Å². The first-order valence-corrected chi connectivity index (χ1v) is 8.35. The van der Waals surface area contributed by atoms with Crippen LogP contribution in [0.4, 0.5) is 0 Å². The number of phenolic OH excluding ortho intramolecular Hbond substituents is 1. The minimum Gasteiger partial charge on any atom is -0.508 e. The Morgan fingerprint density at radius 3 is 2.72 bits per heavy atom. The summed E-state index contributed by atoms with van der Waals surface area (Å²) in [4.78, 5) is 4.20. The lowest BCUT2D eigenvalue weighted by Crippen LogP contribution is -2.37. The molecule has 0 aliphatic rings. The van der Waals surface area contributed by atoms with Crippen molar-refractivity contribution in [2.24, 2.45) is 4.99 Å². The molecule has 0 aliphatic heterocycles. The molecule has 2 aromatic rings. The second-order valence-corrected chi connectivity index (χ2v) is 5.85. The molecule has 0 radical (unpaired) electrons. The highest BCUT2D eigenvalue weighted by molar-refractivity contribution is 5.79. The highest BCUT2D eigenvalue weighted by Gasteiger charge is 2.05. The molecule has 0 atom stereocenters. The second kappa shape index (κ2) is 8.96. The van der Waals surface area contributed by atoms with Crippen LogP contribution < -0.4 is 15.4 Å². The Hall–Kier alpha value is -2.70. The van der Waals surface area contributed by atoms with Gasteiger partial charge in [-0.25, -0.2) is 0 Å². The average Bonchev–Trinajstić information content (AvgIpc) is 2.93. The Kier molecular flexibility index (Phi) is 6.68. The Labute approximate surface area is 148 Å². The summed E-state index contributed by atoms with van der Waals surface area (Å²) in [6.45, 7) is 6.17. The van der Waals surface area contributed by atoms with Crippen LogP contribution >= 0.6 is 0 Å². The summed E-state index contributed by atoms with van der Waals surface area (Å²) in [5.74, 6) is 1.63. The summed E-state index contributed by atoms with van der Waals surface area (Å²) in [5, 5.41) is 20.8. The summed E-state index contributed by atoms with van der Waals surface area (Å²) < 4.78 is 7.20. The number of aromatic hydroxyl groups is 1. The SMILES string of the molecule is CN=C(NCCCn1nc(C)cc1C)NCc1cc(OC)ccc1O. The van der Waals surface area contributed by atoms with E-state index in [0.29, 0.717) is 18.3 Å². The van der Waals surface area contributed by atoms with E-state index in [2.05, 4.69) is 33.7 Å². The number of aliphatic imine (C=N–C) groups is 1. The molecule has 136 valence electrons. The van der Waals surface area contributed by atoms with Crippen molar-refractivity contribution in [1.29, 1.82) is 0 Å². The number of hydrogen-bond donors (Lipinski definition) is 3. The van der Waals surface area contributed by atoms with Crippen LogP contribution in [0.15, 0.2) is 29.3 Å². The van der Waals surface area contributed by atoms with Crippen molar-refractivity contribution >= 4 is 5.96 Å². The van der Waals surface area contributed by atoms with E-state index >= 15 is 0 Å². The lowest BCUT2D eigenvalue weighted by atomic mass is 10.2. The van der Waals surface area contributed by atoms with Crippen molar-refractivity contribution in [3.05, 3.63) is 41.2 Å². The van der Waals surface area contributed by atoms with Crippen LogP contribution in [0.5, 0.6) is 11.5 Å². The Morgan fingerprint density at radius 2 is 2.08 bits per heavy atom. The standard InChI is InChI=1S/C18H27N5O2/c1-13-10-14(2)23(22-13)9-5-8-20-18(19-3)21-12-15-11-16(25-4)6-7-17(15)24/h6-7,10-11,24H,5,8-9,12H2,1-4H3,(H2,19,20,21). The first kappa shape index (κ1) is 18.6. The number of benzene rings is 1. The summed E-state index contributed by atoms with van der Waals surface area (Å²) in [6, 6.07) is 7.23. The van der Waals surface area contributed by atoms with Crippen molar-refractivity contribution in [3.63, 3.8) is 0 Å². The molecule has 0 amide bonds. The van der Waals surface area contributed by atoms with Gasteiger partial charge in [-0.05, 0) is 44.5 Å². The third-order valence-corrected chi connectivity index (χ3v) is 3.90. The van der Waals surface area contributed by atoms with Crippen LogP contribution in [0.25, 0.3) is 0 Å². The number of phenols is 1. The first-order valence-electron chi connectivity index (χ1n) is 8.35. The summed E-state index contributed by atoms with van der Waals surface area (Å²) in [7, 11) is 3.33. The van der Waals surface area contributed by atoms with Crippen LogP contribution in [-0.4, -0.2) is 41.5 Å². The van der Waals surface area contributed by atoms with Crippen molar-refractivity contribution in [1.82, 2.24) is 20.4 Å². The fourth-order valence-electron chi connectivity index (χ4n) is 2.57. The average molecular weight is 345 g/mol. The third-order valence-electron chi connectivity index (χ3n) is 3.90. The molecular weight excluding hydrogens is 318 g/mol. The molecule has 25 heavy (non-hydrogen) atoms. The monoisotopic (exact) mass is 345 g/mol. The number of ether oxygens (including phenoxy) is 1. The minimum absolute atomic E-state index is 0.230. The maximum atomic E-state index is 9.92. The Bertz CT molecular complexity index is 724. The van der Waals surface area contributed by atoms with Gasteiger partial charge in [0.2, 0.25) is 0 Å². The van der Waals surface area contributed by atoms with E-state index in [1.54, 1.807) is 32.4 Å². The number of hydrogen-bond acceptors (Lipinski definition) is 4. The molecular formula is C18H27N5O2. The summed E-state index contributed by atoms with van der Waals surface area (Å²) in [5.41, 5.74) is 2.97. The van der Waals surface area contributed by atoms with Crippen molar-refractivity contribution in [2.75, 3.05) is 20.7 Å². The van der Waals surface area contributed by atoms with E-state index in [0.717, 1.165) is 30.8 Å². The maximum absolute atomic E-state index is 9.92. The van der Waals surface area contributed by atoms with E-state index in [1.165, 1.54) is 5.69 Å². The van der Waals surface area contributed by atoms with E-state index in [4.69, 9.17) is 4.74 Å². The summed E-state index contributed by atoms with van der Waals surface area (Å²) >= 11 is 0. The predicted molar refractivity (Wildman–Crippen MR) is 99.2 cm³/mol. The topological polar surface area (TPSA) is 83.7 Å². The van der Waals surface area contributed by atoms with Gasteiger partial charge in [0.1, 0.15) is 11.5 Å². The molecule has 1 aromatic carbocycles. The van der Waals surface area contributed by atoms with E-state index in [-0.39, 0.29) is 5.75 Å². The highest BCUT2D eigenvalue weighted by Crippen LogP contribution is 2.22. The Balaban J connectivity index is 1.78. The molecule has 7 heteroatoms. The molecule has 1 heterocycles. The zero-order valence-corrected chi connectivity index (χ0v) is 15.3. The zero-order valence-electron chi connectivity index (χ0n) is 15.3. The second-order valence-electron chi connectivity index (χ2n) is 5.85. The van der Waals surface area contributed by atoms with Gasteiger partial charge in [0.25, 0.3) is 0 Å². The molecule has 0 bridgehead atoms. The number of methoxy groups -OCH3 is 1. The summed E-state index contributed by atoms with van der Waals surface area (Å²) in [6.07, 6.45) is 0.938.